The average Bonchev–Trinajstić information content (AvgIpc) is 2.70. The van der Waals surface area contributed by atoms with Gasteiger partial charge in [-0.1, -0.05) is 0 Å². The van der Waals surface area contributed by atoms with Gasteiger partial charge < -0.3 is 15.0 Å². The SMILES string of the molecule is CCOc1nc(Sc2nccn2C)ccc1N. The van der Waals surface area contributed by atoms with Crippen molar-refractivity contribution in [2.24, 2.45) is 7.05 Å². The number of hydrogen-bond donors (Lipinski definition) is 1. The van der Waals surface area contributed by atoms with Gasteiger partial charge in [0, 0.05) is 19.4 Å². The highest BCUT2D eigenvalue weighted by Crippen LogP contribution is 2.28. The number of anilines is 1. The topological polar surface area (TPSA) is 66.0 Å². The van der Waals surface area contributed by atoms with E-state index in [1.54, 1.807) is 12.3 Å². The van der Waals surface area contributed by atoms with E-state index in [4.69, 9.17) is 10.5 Å². The molecule has 0 aliphatic rings. The molecule has 0 aromatic carbocycles. The van der Waals surface area contributed by atoms with E-state index < -0.39 is 0 Å². The van der Waals surface area contributed by atoms with Crippen LogP contribution in [0.25, 0.3) is 0 Å². The number of nitrogens with two attached hydrogens (primary N) is 1. The van der Waals surface area contributed by atoms with Crippen LogP contribution in [0.4, 0.5) is 5.69 Å². The summed E-state index contributed by atoms with van der Waals surface area (Å²) in [4.78, 5) is 8.56. The lowest BCUT2D eigenvalue weighted by atomic mass is 10.4. The van der Waals surface area contributed by atoms with E-state index >= 15 is 0 Å². The molecule has 0 amide bonds. The Morgan fingerprint density at radius 2 is 2.29 bits per heavy atom. The third-order valence-electron chi connectivity index (χ3n) is 2.12. The summed E-state index contributed by atoms with van der Waals surface area (Å²) >= 11 is 1.47. The summed E-state index contributed by atoms with van der Waals surface area (Å²) in [5.74, 6) is 0.478. The van der Waals surface area contributed by atoms with Gasteiger partial charge in [0.2, 0.25) is 5.88 Å². The van der Waals surface area contributed by atoms with E-state index in [1.165, 1.54) is 11.8 Å². The van der Waals surface area contributed by atoms with Crippen molar-refractivity contribution in [2.75, 3.05) is 12.3 Å². The summed E-state index contributed by atoms with van der Waals surface area (Å²) in [6.45, 7) is 2.45. The average molecular weight is 250 g/mol. The molecule has 0 aliphatic heterocycles. The fourth-order valence-corrected chi connectivity index (χ4v) is 2.06. The zero-order valence-corrected chi connectivity index (χ0v) is 10.6. The Morgan fingerprint density at radius 3 is 2.94 bits per heavy atom. The van der Waals surface area contributed by atoms with Crippen molar-refractivity contribution < 1.29 is 4.74 Å². The molecule has 6 heteroatoms. The van der Waals surface area contributed by atoms with E-state index in [2.05, 4.69) is 9.97 Å². The maximum absolute atomic E-state index is 5.76. The maximum Gasteiger partial charge on any atom is 0.238 e. The zero-order chi connectivity index (χ0) is 12.3. The zero-order valence-electron chi connectivity index (χ0n) is 9.75. The molecule has 0 unspecified atom stereocenters. The highest BCUT2D eigenvalue weighted by molar-refractivity contribution is 7.99. The predicted octanol–water partition coefficient (Wildman–Crippen LogP) is 1.95. The summed E-state index contributed by atoms with van der Waals surface area (Å²) < 4.78 is 7.28. The molecular formula is C11H14N4OS. The first kappa shape index (κ1) is 11.8. The van der Waals surface area contributed by atoms with E-state index in [0.717, 1.165) is 10.2 Å². The minimum Gasteiger partial charge on any atom is -0.476 e. The lowest BCUT2D eigenvalue weighted by molar-refractivity contribution is 0.326. The quantitative estimate of drug-likeness (QED) is 0.898. The number of hydrogen-bond acceptors (Lipinski definition) is 5. The summed E-state index contributed by atoms with van der Waals surface area (Å²) in [6, 6.07) is 3.65. The molecule has 2 aromatic rings. The van der Waals surface area contributed by atoms with Gasteiger partial charge in [0.1, 0.15) is 5.03 Å². The van der Waals surface area contributed by atoms with Crippen LogP contribution in [0.15, 0.2) is 34.7 Å². The Bertz CT molecular complexity index is 512. The Balaban J connectivity index is 2.22. The Morgan fingerprint density at radius 1 is 1.47 bits per heavy atom. The van der Waals surface area contributed by atoms with Crippen LogP contribution in [0.5, 0.6) is 5.88 Å². The molecular weight excluding hydrogens is 236 g/mol. The molecule has 2 N–H and O–H groups in total. The second-order valence-electron chi connectivity index (χ2n) is 3.40. The van der Waals surface area contributed by atoms with Gasteiger partial charge in [-0.15, -0.1) is 0 Å². The predicted molar refractivity (Wildman–Crippen MR) is 67.1 cm³/mol. The number of ether oxygens (including phenoxy) is 1. The third-order valence-corrected chi connectivity index (χ3v) is 3.13. The molecule has 2 rings (SSSR count). The molecule has 0 aliphatic carbocycles. The van der Waals surface area contributed by atoms with Gasteiger partial charge in [-0.25, -0.2) is 9.97 Å². The number of pyridine rings is 1. The van der Waals surface area contributed by atoms with E-state index in [0.29, 0.717) is 18.2 Å². The maximum atomic E-state index is 5.76. The largest absolute Gasteiger partial charge is 0.476 e. The van der Waals surface area contributed by atoms with Crippen molar-refractivity contribution in [1.82, 2.24) is 14.5 Å². The Labute approximate surface area is 104 Å². The fraction of sp³-hybridized carbons (Fsp3) is 0.273. The smallest absolute Gasteiger partial charge is 0.238 e. The highest BCUT2D eigenvalue weighted by atomic mass is 32.2. The van der Waals surface area contributed by atoms with Crippen LogP contribution in [-0.4, -0.2) is 21.1 Å². The van der Waals surface area contributed by atoms with Crippen LogP contribution in [0, 0.1) is 0 Å². The molecule has 0 saturated heterocycles. The van der Waals surface area contributed by atoms with E-state index in [-0.39, 0.29) is 0 Å². The second-order valence-corrected chi connectivity index (χ2v) is 4.39. The summed E-state index contributed by atoms with van der Waals surface area (Å²) in [6.07, 6.45) is 3.65. The van der Waals surface area contributed by atoms with Gasteiger partial charge in [0.15, 0.2) is 5.16 Å². The molecule has 5 nitrogen and oxygen atoms in total. The molecule has 0 atom stereocenters. The number of nitrogen functional groups attached to an aromatic ring is 1. The number of aromatic nitrogens is 3. The monoisotopic (exact) mass is 250 g/mol. The van der Waals surface area contributed by atoms with E-state index in [1.807, 2.05) is 30.8 Å². The molecule has 2 aromatic heterocycles. The van der Waals surface area contributed by atoms with Crippen LogP contribution >= 0.6 is 11.8 Å². The first-order valence-corrected chi connectivity index (χ1v) is 6.07. The third kappa shape index (κ3) is 2.71. The standard InChI is InChI=1S/C11H14N4OS/c1-3-16-10-8(12)4-5-9(14-10)17-11-13-6-7-15(11)2/h4-7H,3,12H2,1-2H3. The molecule has 0 fully saturated rings. The molecule has 0 spiro atoms. The molecule has 2 heterocycles. The van der Waals surface area contributed by atoms with Crippen molar-refractivity contribution in [3.8, 4) is 5.88 Å². The lowest BCUT2D eigenvalue weighted by Gasteiger charge is -2.07. The van der Waals surface area contributed by atoms with Gasteiger partial charge in [-0.3, -0.25) is 0 Å². The van der Waals surface area contributed by atoms with Crippen LogP contribution < -0.4 is 10.5 Å². The van der Waals surface area contributed by atoms with Gasteiger partial charge in [0.05, 0.1) is 12.3 Å². The first-order valence-electron chi connectivity index (χ1n) is 5.25. The number of imidazole rings is 1. The van der Waals surface area contributed by atoms with Crippen molar-refractivity contribution in [1.29, 1.82) is 0 Å². The number of aryl methyl sites for hydroxylation is 1. The van der Waals surface area contributed by atoms with Crippen molar-refractivity contribution >= 4 is 17.4 Å². The molecule has 0 bridgehead atoms. The van der Waals surface area contributed by atoms with Crippen LogP contribution in [0.2, 0.25) is 0 Å². The molecule has 90 valence electrons. The molecule has 17 heavy (non-hydrogen) atoms. The summed E-state index contributed by atoms with van der Waals surface area (Å²) in [5, 5.41) is 1.70. The van der Waals surface area contributed by atoms with Crippen molar-refractivity contribution in [3.63, 3.8) is 0 Å². The van der Waals surface area contributed by atoms with Crippen LogP contribution in [-0.2, 0) is 7.05 Å². The number of nitrogens with zero attached hydrogens (tertiary/aromatic N) is 3. The van der Waals surface area contributed by atoms with Crippen LogP contribution in [0.3, 0.4) is 0 Å². The van der Waals surface area contributed by atoms with Crippen LogP contribution in [0.1, 0.15) is 6.92 Å². The number of rotatable bonds is 4. The normalized spacial score (nSPS) is 10.5. The van der Waals surface area contributed by atoms with Gasteiger partial charge in [-0.05, 0) is 30.8 Å². The van der Waals surface area contributed by atoms with E-state index in [9.17, 15) is 0 Å². The van der Waals surface area contributed by atoms with Gasteiger partial charge in [-0.2, -0.15) is 0 Å². The Kier molecular flexibility index (Phi) is 3.53. The lowest BCUT2D eigenvalue weighted by Crippen LogP contribution is -2.00. The van der Waals surface area contributed by atoms with Crippen molar-refractivity contribution in [3.05, 3.63) is 24.5 Å². The minimum absolute atomic E-state index is 0.478. The Hall–Kier alpha value is -1.69. The molecule has 0 radical (unpaired) electrons. The molecule has 0 saturated carbocycles. The first-order chi connectivity index (χ1) is 8.20. The van der Waals surface area contributed by atoms with Crippen molar-refractivity contribution in [2.45, 2.75) is 17.1 Å². The van der Waals surface area contributed by atoms with Gasteiger partial charge >= 0.3 is 0 Å². The van der Waals surface area contributed by atoms with Gasteiger partial charge in [0.25, 0.3) is 0 Å². The summed E-state index contributed by atoms with van der Waals surface area (Å²) in [5.41, 5.74) is 6.31. The second kappa shape index (κ2) is 5.09. The summed E-state index contributed by atoms with van der Waals surface area (Å²) in [7, 11) is 1.94. The minimum atomic E-state index is 0.478. The fourth-order valence-electron chi connectivity index (χ4n) is 1.29. The highest BCUT2D eigenvalue weighted by Gasteiger charge is 2.07.